The first-order chi connectivity index (χ1) is 13.9. The summed E-state index contributed by atoms with van der Waals surface area (Å²) in [7, 11) is -5.85. The Labute approximate surface area is 173 Å². The predicted molar refractivity (Wildman–Crippen MR) is 107 cm³/mol. The fraction of sp³-hybridized carbons (Fsp3) is 0.750. The first-order valence-corrected chi connectivity index (χ1v) is 12.6. The molecule has 12 nitrogen and oxygen atoms in total. The molecule has 3 N–H and O–H groups in total. The summed E-state index contributed by atoms with van der Waals surface area (Å²) in [6.45, 7) is 3.13. The standard InChI is InChI=1S/C16H28N2O10P2/c1-10(2)27-30(23,24)28-14-11(6-8-29(21,22)26-4)9-12(15(14)25-3)18-7-5-13(19)17-16(18)20/h5,7,10-12,14-15H,6,8-9H2,1-4H3,(H,21,22)(H,23,24)(H,17,19,20)/t11-,12?,14+,15-/m0/s1. The number of rotatable bonds is 10. The van der Waals surface area contributed by atoms with Gasteiger partial charge in [-0.15, -0.1) is 0 Å². The highest BCUT2D eigenvalue weighted by Gasteiger charge is 2.49. The lowest BCUT2D eigenvalue weighted by Crippen LogP contribution is -2.38. The van der Waals surface area contributed by atoms with Crippen LogP contribution in [0.1, 0.15) is 32.7 Å². The second-order valence-corrected chi connectivity index (χ2v) is 10.8. The summed E-state index contributed by atoms with van der Waals surface area (Å²) >= 11 is 0. The van der Waals surface area contributed by atoms with Crippen LogP contribution in [0.4, 0.5) is 0 Å². The lowest BCUT2D eigenvalue weighted by Gasteiger charge is -2.28. The summed E-state index contributed by atoms with van der Waals surface area (Å²) in [5.74, 6) is -0.536. The summed E-state index contributed by atoms with van der Waals surface area (Å²) in [5, 5.41) is 0. The van der Waals surface area contributed by atoms with Gasteiger partial charge in [-0.1, -0.05) is 0 Å². The molecule has 172 valence electrons. The molecule has 3 unspecified atom stereocenters. The van der Waals surface area contributed by atoms with Gasteiger partial charge in [-0.3, -0.25) is 28.0 Å². The van der Waals surface area contributed by atoms with Crippen molar-refractivity contribution in [2.45, 2.75) is 51.0 Å². The van der Waals surface area contributed by atoms with Gasteiger partial charge in [0.2, 0.25) is 0 Å². The van der Waals surface area contributed by atoms with Gasteiger partial charge >= 0.3 is 21.1 Å². The fourth-order valence-corrected chi connectivity index (χ4v) is 5.63. The van der Waals surface area contributed by atoms with Crippen molar-refractivity contribution in [2.24, 2.45) is 5.92 Å². The third-order valence-corrected chi connectivity index (χ3v) is 7.45. The molecule has 0 radical (unpaired) electrons. The summed E-state index contributed by atoms with van der Waals surface area (Å²) < 4.78 is 46.0. The number of nitrogens with one attached hydrogen (secondary N) is 1. The molecule has 6 atom stereocenters. The Balaban J connectivity index is 2.38. The van der Waals surface area contributed by atoms with Crippen LogP contribution in [0, 0.1) is 5.92 Å². The zero-order chi connectivity index (χ0) is 22.7. The molecule has 1 saturated carbocycles. The Morgan fingerprint density at radius 2 is 1.90 bits per heavy atom. The van der Waals surface area contributed by atoms with E-state index < -0.39 is 56.9 Å². The third kappa shape index (κ3) is 6.45. The third-order valence-electron chi connectivity index (χ3n) is 4.86. The van der Waals surface area contributed by atoms with Crippen molar-refractivity contribution in [3.63, 3.8) is 0 Å². The highest BCUT2D eigenvalue weighted by atomic mass is 31.2. The van der Waals surface area contributed by atoms with Gasteiger partial charge in [0.25, 0.3) is 5.56 Å². The minimum Gasteiger partial charge on any atom is -0.377 e. The lowest BCUT2D eigenvalue weighted by molar-refractivity contribution is -0.0299. The van der Waals surface area contributed by atoms with Gasteiger partial charge in [-0.2, -0.15) is 0 Å². The zero-order valence-corrected chi connectivity index (χ0v) is 19.0. The van der Waals surface area contributed by atoms with E-state index in [0.717, 1.165) is 7.11 Å². The van der Waals surface area contributed by atoms with Crippen LogP contribution in [0.15, 0.2) is 21.9 Å². The van der Waals surface area contributed by atoms with E-state index in [0.29, 0.717) is 0 Å². The average Bonchev–Trinajstić information content (AvgIpc) is 2.95. The van der Waals surface area contributed by atoms with Crippen LogP contribution >= 0.6 is 15.4 Å². The number of hydrogen-bond acceptors (Lipinski definition) is 8. The number of hydrogen-bond donors (Lipinski definition) is 3. The maximum absolute atomic E-state index is 12.4. The lowest BCUT2D eigenvalue weighted by atomic mass is 10.0. The van der Waals surface area contributed by atoms with E-state index in [2.05, 4.69) is 9.51 Å². The van der Waals surface area contributed by atoms with Crippen LogP contribution < -0.4 is 11.2 Å². The molecule has 1 fully saturated rings. The van der Waals surface area contributed by atoms with Crippen LogP contribution in [0.25, 0.3) is 0 Å². The van der Waals surface area contributed by atoms with Gasteiger partial charge in [-0.25, -0.2) is 9.36 Å². The van der Waals surface area contributed by atoms with Crippen molar-refractivity contribution in [1.82, 2.24) is 9.55 Å². The number of aromatic nitrogens is 2. The van der Waals surface area contributed by atoms with E-state index in [1.165, 1.54) is 23.9 Å². The Morgan fingerprint density at radius 1 is 1.23 bits per heavy atom. The second-order valence-electron chi connectivity index (χ2n) is 7.31. The van der Waals surface area contributed by atoms with Crippen molar-refractivity contribution >= 4 is 15.4 Å². The second kappa shape index (κ2) is 10.0. The molecule has 1 heterocycles. The fourth-order valence-electron chi connectivity index (χ4n) is 3.61. The molecule has 1 aromatic heterocycles. The van der Waals surface area contributed by atoms with E-state index in [9.17, 15) is 28.5 Å². The Hall–Kier alpha value is -1.10. The number of nitrogens with zero attached hydrogens (tertiary/aromatic N) is 1. The van der Waals surface area contributed by atoms with Gasteiger partial charge in [0.15, 0.2) is 0 Å². The molecule has 0 spiro atoms. The maximum Gasteiger partial charge on any atom is 0.472 e. The molecule has 0 aromatic carbocycles. The topological polar surface area (TPSA) is 166 Å². The van der Waals surface area contributed by atoms with Crippen LogP contribution in [0.5, 0.6) is 0 Å². The maximum atomic E-state index is 12.4. The van der Waals surface area contributed by atoms with Crippen molar-refractivity contribution in [3.05, 3.63) is 33.1 Å². The number of phosphoric ester groups is 1. The van der Waals surface area contributed by atoms with E-state index in [-0.39, 0.29) is 19.0 Å². The molecule has 0 amide bonds. The Morgan fingerprint density at radius 3 is 2.43 bits per heavy atom. The molecular formula is C16H28N2O10P2. The molecule has 0 bridgehead atoms. The largest absolute Gasteiger partial charge is 0.472 e. The number of methoxy groups -OCH3 is 1. The van der Waals surface area contributed by atoms with E-state index >= 15 is 0 Å². The zero-order valence-electron chi connectivity index (χ0n) is 17.2. The first kappa shape index (κ1) is 25.2. The van der Waals surface area contributed by atoms with E-state index in [1.807, 2.05) is 0 Å². The normalized spacial score (nSPS) is 28.4. The minimum absolute atomic E-state index is 0.0996. The number of aromatic amines is 1. The molecular weight excluding hydrogens is 442 g/mol. The first-order valence-electron chi connectivity index (χ1n) is 9.30. The highest BCUT2D eigenvalue weighted by Crippen LogP contribution is 2.53. The van der Waals surface area contributed by atoms with Crippen molar-refractivity contribution in [1.29, 1.82) is 0 Å². The Kier molecular flexibility index (Phi) is 8.40. The van der Waals surface area contributed by atoms with Crippen LogP contribution in [-0.2, 0) is 27.4 Å². The summed E-state index contributed by atoms with van der Waals surface area (Å²) in [4.78, 5) is 45.7. The monoisotopic (exact) mass is 470 g/mol. The smallest absolute Gasteiger partial charge is 0.377 e. The molecule has 14 heteroatoms. The molecule has 2 rings (SSSR count). The van der Waals surface area contributed by atoms with Crippen molar-refractivity contribution in [2.75, 3.05) is 20.4 Å². The van der Waals surface area contributed by atoms with Gasteiger partial charge in [0.1, 0.15) is 12.2 Å². The van der Waals surface area contributed by atoms with Gasteiger partial charge < -0.3 is 19.0 Å². The number of H-pyrrole nitrogens is 1. The number of ether oxygens (including phenoxy) is 1. The van der Waals surface area contributed by atoms with Crippen molar-refractivity contribution < 1.29 is 37.2 Å². The highest BCUT2D eigenvalue weighted by molar-refractivity contribution is 7.52. The van der Waals surface area contributed by atoms with Crippen LogP contribution in [-0.4, -0.2) is 58.0 Å². The van der Waals surface area contributed by atoms with Gasteiger partial charge in [-0.05, 0) is 32.6 Å². The summed E-state index contributed by atoms with van der Waals surface area (Å²) in [6, 6.07) is 0.511. The quantitative estimate of drug-likeness (QED) is 0.424. The average molecular weight is 470 g/mol. The van der Waals surface area contributed by atoms with Crippen LogP contribution in [0.2, 0.25) is 0 Å². The molecule has 30 heavy (non-hydrogen) atoms. The van der Waals surface area contributed by atoms with E-state index in [1.54, 1.807) is 13.8 Å². The summed E-state index contributed by atoms with van der Waals surface area (Å²) in [5.41, 5.74) is -1.25. The molecule has 0 aliphatic heterocycles. The predicted octanol–water partition coefficient (Wildman–Crippen LogP) is 1.25. The molecule has 1 aliphatic carbocycles. The van der Waals surface area contributed by atoms with Gasteiger partial charge in [0.05, 0.1) is 18.3 Å². The van der Waals surface area contributed by atoms with Crippen LogP contribution in [0.3, 0.4) is 0 Å². The number of phosphoric acid groups is 1. The molecule has 1 aromatic rings. The van der Waals surface area contributed by atoms with Crippen molar-refractivity contribution in [3.8, 4) is 0 Å². The Bertz CT molecular complexity index is 929. The van der Waals surface area contributed by atoms with E-state index in [4.69, 9.17) is 13.8 Å². The van der Waals surface area contributed by atoms with Gasteiger partial charge in [0, 0.05) is 26.5 Å². The molecule has 0 saturated heterocycles. The SMILES string of the molecule is CO[C@H]1C(n2ccc(=O)[nH]c2=O)C[C@H](CCP(=O)(O)OC)[C@H]1OP(=O)(O)OC(C)C. The molecule has 1 aliphatic rings. The summed E-state index contributed by atoms with van der Waals surface area (Å²) in [6.07, 6.45) is -1.08. The minimum atomic E-state index is -4.48.